The Bertz CT molecular complexity index is 1160. The lowest BCUT2D eigenvalue weighted by atomic mass is 10.1. The summed E-state index contributed by atoms with van der Waals surface area (Å²) < 4.78 is 5.80. The highest BCUT2D eigenvalue weighted by atomic mass is 16.7. The van der Waals surface area contributed by atoms with Gasteiger partial charge in [-0.1, -0.05) is 24.3 Å². The molecule has 0 aromatic heterocycles. The molecule has 1 saturated heterocycles. The summed E-state index contributed by atoms with van der Waals surface area (Å²) in [6, 6.07) is 14.1. The largest absolute Gasteiger partial charge is 0.494 e. The molecule has 0 saturated carbocycles. The molecule has 10 heteroatoms. The minimum atomic E-state index is -0.798. The molecule has 4 amide bonds. The highest BCUT2D eigenvalue weighted by molar-refractivity contribution is 6.02. The number of hydrogen-bond donors (Lipinski definition) is 1. The molecule has 1 fully saturated rings. The average Bonchev–Trinajstić information content (AvgIpc) is 3.22. The Balaban J connectivity index is 1.36. The van der Waals surface area contributed by atoms with Gasteiger partial charge in [-0.3, -0.25) is 19.2 Å². The maximum atomic E-state index is 12.2. The van der Waals surface area contributed by atoms with E-state index in [-0.39, 0.29) is 42.8 Å². The van der Waals surface area contributed by atoms with Crippen molar-refractivity contribution in [1.29, 1.82) is 0 Å². The molecule has 1 heterocycles. The van der Waals surface area contributed by atoms with Crippen LogP contribution in [0.25, 0.3) is 0 Å². The lowest BCUT2D eigenvalue weighted by molar-refractivity contribution is -0.172. The summed E-state index contributed by atoms with van der Waals surface area (Å²) in [5.74, 6) is -1.26. The van der Waals surface area contributed by atoms with Crippen molar-refractivity contribution in [2.24, 2.45) is 0 Å². The molecule has 10 nitrogen and oxygen atoms in total. The number of benzene rings is 2. The van der Waals surface area contributed by atoms with Gasteiger partial charge >= 0.3 is 5.97 Å². The first-order valence-electron chi connectivity index (χ1n) is 12.5. The van der Waals surface area contributed by atoms with Crippen molar-refractivity contribution in [3.63, 3.8) is 0 Å². The fourth-order valence-corrected chi connectivity index (χ4v) is 3.81. The fourth-order valence-electron chi connectivity index (χ4n) is 3.81. The molecule has 2 aromatic carbocycles. The normalized spacial score (nSPS) is 13.7. The molecule has 1 N–H and O–H groups in total. The first kappa shape index (κ1) is 28.4. The number of carbonyl (C=O) groups excluding carboxylic acids is 5. The fraction of sp³-hybridized carbons (Fsp3) is 0.393. The predicted octanol–water partition coefficient (Wildman–Crippen LogP) is 2.79. The third-order valence-electron chi connectivity index (χ3n) is 6.26. The average molecular weight is 524 g/mol. The van der Waals surface area contributed by atoms with Crippen LogP contribution in [0.3, 0.4) is 0 Å². The van der Waals surface area contributed by atoms with Gasteiger partial charge in [0, 0.05) is 45.8 Å². The van der Waals surface area contributed by atoms with Gasteiger partial charge in [0.05, 0.1) is 12.2 Å². The van der Waals surface area contributed by atoms with Crippen molar-refractivity contribution in [3.05, 3.63) is 65.2 Å². The number of nitrogens with one attached hydrogen (secondary N) is 1. The van der Waals surface area contributed by atoms with Crippen LogP contribution in [-0.4, -0.2) is 59.3 Å². The Morgan fingerprint density at radius 1 is 1.03 bits per heavy atom. The van der Waals surface area contributed by atoms with Gasteiger partial charge in [0.25, 0.3) is 11.8 Å². The van der Waals surface area contributed by atoms with Crippen LogP contribution in [0.5, 0.6) is 5.75 Å². The zero-order chi connectivity index (χ0) is 27.7. The van der Waals surface area contributed by atoms with Gasteiger partial charge in [0.1, 0.15) is 5.75 Å². The van der Waals surface area contributed by atoms with Crippen molar-refractivity contribution in [2.45, 2.75) is 58.5 Å². The zero-order valence-corrected chi connectivity index (χ0v) is 21.9. The number of likely N-dealkylation sites (N-methyl/N-ethyl adjacent to an activating group) is 1. The second kappa shape index (κ2) is 13.4. The van der Waals surface area contributed by atoms with E-state index in [4.69, 9.17) is 9.57 Å². The molecule has 1 atom stereocenters. The summed E-state index contributed by atoms with van der Waals surface area (Å²) in [4.78, 5) is 65.7. The van der Waals surface area contributed by atoms with Gasteiger partial charge < -0.3 is 19.8 Å². The van der Waals surface area contributed by atoms with E-state index in [0.29, 0.717) is 24.5 Å². The first-order chi connectivity index (χ1) is 18.1. The quantitative estimate of drug-likeness (QED) is 0.335. The van der Waals surface area contributed by atoms with Gasteiger partial charge in [-0.15, -0.1) is 5.06 Å². The maximum absolute atomic E-state index is 12.2. The monoisotopic (exact) mass is 523 g/mol. The van der Waals surface area contributed by atoms with Crippen LogP contribution in [0.15, 0.2) is 48.5 Å². The highest BCUT2D eigenvalue weighted by Gasteiger charge is 2.33. The van der Waals surface area contributed by atoms with Crippen LogP contribution in [0.2, 0.25) is 0 Å². The zero-order valence-electron chi connectivity index (χ0n) is 21.9. The summed E-state index contributed by atoms with van der Waals surface area (Å²) in [7, 11) is 1.79. The molecule has 0 spiro atoms. The second-order valence-electron chi connectivity index (χ2n) is 9.22. The van der Waals surface area contributed by atoms with E-state index in [9.17, 15) is 24.0 Å². The molecule has 2 aromatic rings. The van der Waals surface area contributed by atoms with Crippen molar-refractivity contribution in [1.82, 2.24) is 15.3 Å². The Kier molecular flexibility index (Phi) is 9.98. The van der Waals surface area contributed by atoms with E-state index in [1.165, 1.54) is 12.1 Å². The van der Waals surface area contributed by atoms with Crippen molar-refractivity contribution < 1.29 is 33.5 Å². The number of ether oxygens (including phenoxy) is 1. The number of hydroxylamine groups is 2. The Morgan fingerprint density at radius 2 is 1.71 bits per heavy atom. The van der Waals surface area contributed by atoms with Crippen LogP contribution in [0.4, 0.5) is 0 Å². The molecule has 0 bridgehead atoms. The Hall–Kier alpha value is -4.21. The molecule has 1 aliphatic rings. The molecule has 0 unspecified atom stereocenters. The third-order valence-corrected chi connectivity index (χ3v) is 6.26. The van der Waals surface area contributed by atoms with Gasteiger partial charge in [0.15, 0.2) is 0 Å². The summed E-state index contributed by atoms with van der Waals surface area (Å²) >= 11 is 0. The van der Waals surface area contributed by atoms with E-state index >= 15 is 0 Å². The van der Waals surface area contributed by atoms with Gasteiger partial charge in [0.2, 0.25) is 11.8 Å². The van der Waals surface area contributed by atoms with E-state index in [2.05, 4.69) is 5.32 Å². The molecular weight excluding hydrogens is 490 g/mol. The lowest BCUT2D eigenvalue weighted by Gasteiger charge is -2.23. The minimum Gasteiger partial charge on any atom is -0.494 e. The van der Waals surface area contributed by atoms with Crippen LogP contribution in [0.1, 0.15) is 61.0 Å². The van der Waals surface area contributed by atoms with E-state index < -0.39 is 17.8 Å². The van der Waals surface area contributed by atoms with Crippen LogP contribution in [-0.2, 0) is 37.0 Å². The molecular formula is C28H33N3O7. The molecule has 1 aliphatic heterocycles. The summed E-state index contributed by atoms with van der Waals surface area (Å²) in [6.07, 6.45) is 1.62. The molecule has 0 radical (unpaired) electrons. The first-order valence-corrected chi connectivity index (χ1v) is 12.5. The standard InChI is InChI=1S/C28H33N3O7/c1-19(30(3)20(2)32)16-22-6-4-7-24(17-22)37-15-5-8-25(33)29-18-21-9-11-23(12-10-21)28(36)38-31-26(34)13-14-27(31)35/h4,6-7,9-12,17,19H,5,8,13-16,18H2,1-3H3,(H,29,33)/t19-/m0/s1. The van der Waals surface area contributed by atoms with E-state index in [0.717, 1.165) is 23.3 Å². The Morgan fingerprint density at radius 3 is 2.37 bits per heavy atom. The summed E-state index contributed by atoms with van der Waals surface area (Å²) in [6.45, 7) is 4.22. The van der Waals surface area contributed by atoms with Gasteiger partial charge in [-0.05, 0) is 55.2 Å². The number of nitrogens with zero attached hydrogens (tertiary/aromatic N) is 2. The summed E-state index contributed by atoms with van der Waals surface area (Å²) in [5, 5.41) is 3.33. The van der Waals surface area contributed by atoms with Crippen molar-refractivity contribution in [2.75, 3.05) is 13.7 Å². The number of rotatable bonds is 12. The van der Waals surface area contributed by atoms with Crippen LogP contribution in [0, 0.1) is 0 Å². The number of hydrogen-bond acceptors (Lipinski definition) is 7. The SMILES string of the molecule is CC(=O)N(C)[C@@H](C)Cc1cccc(OCCCC(=O)NCc2ccc(C(=O)ON3C(=O)CCC3=O)cc2)c1. The van der Waals surface area contributed by atoms with E-state index in [1.807, 2.05) is 31.2 Å². The van der Waals surface area contributed by atoms with Crippen molar-refractivity contribution in [3.8, 4) is 5.75 Å². The molecule has 0 aliphatic carbocycles. The van der Waals surface area contributed by atoms with Crippen LogP contribution >= 0.6 is 0 Å². The van der Waals surface area contributed by atoms with Gasteiger partial charge in [-0.2, -0.15) is 0 Å². The number of imide groups is 1. The lowest BCUT2D eigenvalue weighted by Crippen LogP contribution is -2.34. The summed E-state index contributed by atoms with van der Waals surface area (Å²) in [5.41, 5.74) is 2.04. The number of amides is 4. The maximum Gasteiger partial charge on any atom is 0.363 e. The number of carbonyl (C=O) groups is 5. The topological polar surface area (TPSA) is 122 Å². The molecule has 3 rings (SSSR count). The van der Waals surface area contributed by atoms with Gasteiger partial charge in [-0.25, -0.2) is 4.79 Å². The Labute approximate surface area is 221 Å². The smallest absolute Gasteiger partial charge is 0.363 e. The van der Waals surface area contributed by atoms with Crippen LogP contribution < -0.4 is 10.1 Å². The molecule has 202 valence electrons. The predicted molar refractivity (Wildman–Crippen MR) is 138 cm³/mol. The minimum absolute atomic E-state index is 0.0234. The van der Waals surface area contributed by atoms with Crippen molar-refractivity contribution >= 4 is 29.6 Å². The van der Waals surface area contributed by atoms with E-state index in [1.54, 1.807) is 31.0 Å². The third kappa shape index (κ3) is 8.16. The highest BCUT2D eigenvalue weighted by Crippen LogP contribution is 2.17. The second-order valence-corrected chi connectivity index (χ2v) is 9.22. The molecule has 38 heavy (non-hydrogen) atoms.